The van der Waals surface area contributed by atoms with E-state index in [4.69, 9.17) is 9.47 Å². The van der Waals surface area contributed by atoms with Crippen LogP contribution in [0.25, 0.3) is 0 Å². The number of rotatable bonds is 10. The van der Waals surface area contributed by atoms with Crippen molar-refractivity contribution in [3.8, 4) is 0 Å². The topological polar surface area (TPSA) is 97.0 Å². The molecule has 1 aliphatic rings. The molecule has 1 saturated heterocycles. The van der Waals surface area contributed by atoms with Crippen molar-refractivity contribution in [1.82, 2.24) is 10.6 Å². The number of hydrogen-bond acceptors (Lipinski definition) is 5. The Morgan fingerprint density at radius 2 is 1.79 bits per heavy atom. The molecule has 0 aromatic heterocycles. The van der Waals surface area contributed by atoms with E-state index in [0.29, 0.717) is 18.9 Å². The van der Waals surface area contributed by atoms with Crippen molar-refractivity contribution in [2.75, 3.05) is 13.2 Å². The molecular formula is C17H34N2O5. The van der Waals surface area contributed by atoms with Gasteiger partial charge in [0, 0.05) is 9.40 Å². The lowest BCUT2D eigenvalue weighted by Crippen LogP contribution is -2.49. The van der Waals surface area contributed by atoms with Gasteiger partial charge in [0.25, 0.3) is 5.91 Å². The Hall–Kier alpha value is -1.63. The van der Waals surface area contributed by atoms with Gasteiger partial charge in [0.05, 0.1) is 6.61 Å². The number of ether oxygens (including phenoxy) is 2. The zero-order valence-electron chi connectivity index (χ0n) is 15.3. The molecule has 0 aromatic carbocycles. The summed E-state index contributed by atoms with van der Waals surface area (Å²) in [6.45, 7) is 10.6. The lowest BCUT2D eigenvalue weighted by Gasteiger charge is -2.20. The summed E-state index contributed by atoms with van der Waals surface area (Å²) < 4.78 is 9.89. The molecule has 0 aromatic rings. The van der Waals surface area contributed by atoms with Crippen molar-refractivity contribution in [2.24, 2.45) is 11.8 Å². The van der Waals surface area contributed by atoms with Crippen LogP contribution >= 0.6 is 0 Å². The molecule has 0 unspecified atom stereocenters. The van der Waals surface area contributed by atoms with E-state index in [-0.39, 0.29) is 21.3 Å². The van der Waals surface area contributed by atoms with Crippen molar-refractivity contribution >= 4 is 17.8 Å². The van der Waals surface area contributed by atoms with E-state index in [1.807, 2.05) is 13.8 Å². The molecule has 7 nitrogen and oxygen atoms in total. The minimum atomic E-state index is -0.859. The van der Waals surface area contributed by atoms with Crippen LogP contribution in [0.1, 0.15) is 50.3 Å². The van der Waals surface area contributed by atoms with Crippen LogP contribution in [-0.2, 0) is 23.9 Å². The van der Waals surface area contributed by atoms with Gasteiger partial charge in [-0.05, 0) is 31.6 Å². The Morgan fingerprint density at radius 1 is 1.12 bits per heavy atom. The molecule has 0 radical (unpaired) electrons. The average molecular weight is 346 g/mol. The summed E-state index contributed by atoms with van der Waals surface area (Å²) in [5.74, 6) is -0.455. The summed E-state index contributed by atoms with van der Waals surface area (Å²) in [6.07, 6.45) is -0.309. The van der Waals surface area contributed by atoms with Crippen molar-refractivity contribution in [3.05, 3.63) is 0 Å². The largest absolute Gasteiger partial charge is 0.464 e. The van der Waals surface area contributed by atoms with Crippen molar-refractivity contribution in [3.63, 3.8) is 0 Å². The molecule has 24 heavy (non-hydrogen) atoms. The van der Waals surface area contributed by atoms with Crippen LogP contribution in [0.4, 0.5) is 0 Å². The smallest absolute Gasteiger partial charge is 0.338 e. The molecule has 0 bridgehead atoms. The summed E-state index contributed by atoms with van der Waals surface area (Å²) >= 11 is 0. The molecule has 2 amide bonds. The highest BCUT2D eigenvalue weighted by Crippen LogP contribution is 2.24. The Kier molecular flexibility index (Phi) is 8.18. The molecule has 7 heteroatoms. The number of nitrogens with one attached hydrogen (secondary N) is 2. The number of carbonyl (C=O) groups excluding carboxylic acids is 3. The van der Waals surface area contributed by atoms with E-state index in [1.165, 1.54) is 0 Å². The monoisotopic (exact) mass is 346 g/mol. The first-order chi connectivity index (χ1) is 11.3. The van der Waals surface area contributed by atoms with Crippen LogP contribution in [0.3, 0.4) is 0 Å². The first kappa shape index (κ1) is 20.4. The molecular weight excluding hydrogens is 312 g/mol. The Labute approximate surface area is 146 Å². The minimum Gasteiger partial charge on any atom is -0.464 e. The van der Waals surface area contributed by atoms with Gasteiger partial charge in [0.2, 0.25) is 5.91 Å². The fraction of sp³-hybridized carbons (Fsp3) is 0.824. The van der Waals surface area contributed by atoms with Gasteiger partial charge in [0.15, 0.2) is 12.2 Å². The second-order valence-corrected chi connectivity index (χ2v) is 6.89. The second-order valence-electron chi connectivity index (χ2n) is 6.89. The van der Waals surface area contributed by atoms with Crippen molar-refractivity contribution in [1.29, 1.82) is 0 Å². The van der Waals surface area contributed by atoms with E-state index in [1.54, 1.807) is 6.92 Å². The standard InChI is InChI=1S/C17H30N2O5.2H2/c1-6-23-17(22)14-13(24-14)16(21)19-12(9-11(4)5)15(20)18-8-7-10(2)3;;/h10-14H,6-9H2,1-5H3,(H,18,20)(H,19,21);2*1H/t12-,13-,14-;;/m0../s1. The third-order valence-electron chi connectivity index (χ3n) is 3.63. The van der Waals surface area contributed by atoms with Gasteiger partial charge >= 0.3 is 5.97 Å². The molecule has 0 saturated carbocycles. The van der Waals surface area contributed by atoms with E-state index in [2.05, 4.69) is 24.5 Å². The number of hydrogen-bond donors (Lipinski definition) is 2. The van der Waals surface area contributed by atoms with Crippen LogP contribution in [0.5, 0.6) is 0 Å². The van der Waals surface area contributed by atoms with Gasteiger partial charge in [-0.15, -0.1) is 0 Å². The first-order valence-electron chi connectivity index (χ1n) is 8.66. The van der Waals surface area contributed by atoms with E-state index >= 15 is 0 Å². The molecule has 1 rings (SSSR count). The van der Waals surface area contributed by atoms with Crippen LogP contribution < -0.4 is 10.6 Å². The molecule has 142 valence electrons. The highest BCUT2D eigenvalue weighted by Gasteiger charge is 2.52. The molecule has 1 aliphatic heterocycles. The summed E-state index contributed by atoms with van der Waals surface area (Å²) in [7, 11) is 0. The maximum atomic E-state index is 12.3. The SMILES string of the molecule is CCOC(=O)[C@H]1O[C@@H]1C(=O)N[C@@H](CC(C)C)C(=O)NCCC(C)C.[HH].[HH]. The highest BCUT2D eigenvalue weighted by molar-refractivity contribution is 5.95. The van der Waals surface area contributed by atoms with Gasteiger partial charge in [-0.2, -0.15) is 0 Å². The fourth-order valence-electron chi connectivity index (χ4n) is 2.28. The van der Waals surface area contributed by atoms with E-state index < -0.39 is 30.1 Å². The number of esters is 1. The van der Waals surface area contributed by atoms with Gasteiger partial charge < -0.3 is 20.1 Å². The summed E-state index contributed by atoms with van der Waals surface area (Å²) in [4.78, 5) is 36.0. The van der Waals surface area contributed by atoms with Gasteiger partial charge in [-0.3, -0.25) is 9.59 Å². The summed E-state index contributed by atoms with van der Waals surface area (Å²) in [5.41, 5.74) is 0. The van der Waals surface area contributed by atoms with E-state index in [9.17, 15) is 14.4 Å². The number of carbonyl (C=O) groups is 3. The van der Waals surface area contributed by atoms with Crippen LogP contribution in [0, 0.1) is 11.8 Å². The van der Waals surface area contributed by atoms with Crippen LogP contribution in [0.2, 0.25) is 0 Å². The van der Waals surface area contributed by atoms with Crippen LogP contribution in [0.15, 0.2) is 0 Å². The molecule has 0 spiro atoms. The predicted octanol–water partition coefficient (Wildman–Crippen LogP) is 1.50. The lowest BCUT2D eigenvalue weighted by atomic mass is 10.0. The Morgan fingerprint density at radius 3 is 2.33 bits per heavy atom. The van der Waals surface area contributed by atoms with Gasteiger partial charge in [-0.1, -0.05) is 27.7 Å². The average Bonchev–Trinajstić information content (AvgIpc) is 3.26. The molecule has 0 aliphatic carbocycles. The molecule has 2 N–H and O–H groups in total. The molecule has 1 heterocycles. The number of epoxide rings is 1. The second kappa shape index (κ2) is 9.61. The zero-order valence-corrected chi connectivity index (χ0v) is 15.3. The first-order valence-corrected chi connectivity index (χ1v) is 8.66. The van der Waals surface area contributed by atoms with Crippen molar-refractivity contribution < 1.29 is 26.7 Å². The maximum Gasteiger partial charge on any atom is 0.338 e. The fourth-order valence-corrected chi connectivity index (χ4v) is 2.28. The quantitative estimate of drug-likeness (QED) is 0.461. The van der Waals surface area contributed by atoms with Crippen molar-refractivity contribution in [2.45, 2.75) is 65.7 Å². The molecule has 1 fully saturated rings. The third-order valence-corrected chi connectivity index (χ3v) is 3.63. The van der Waals surface area contributed by atoms with E-state index in [0.717, 1.165) is 6.42 Å². The van der Waals surface area contributed by atoms with Gasteiger partial charge in [0.1, 0.15) is 6.04 Å². The van der Waals surface area contributed by atoms with Gasteiger partial charge in [-0.25, -0.2) is 4.79 Å². The lowest BCUT2D eigenvalue weighted by molar-refractivity contribution is -0.144. The zero-order chi connectivity index (χ0) is 18.3. The minimum absolute atomic E-state index is 0. The maximum absolute atomic E-state index is 12.3. The van der Waals surface area contributed by atoms with Crippen LogP contribution in [-0.4, -0.2) is 49.2 Å². The normalized spacial score (nSPS) is 20.6. The predicted molar refractivity (Wildman–Crippen MR) is 93.4 cm³/mol. The number of amides is 2. The third kappa shape index (κ3) is 6.86. The molecule has 3 atom stereocenters. The highest BCUT2D eigenvalue weighted by atomic mass is 16.6. The Bertz CT molecular complexity index is 460. The Balaban J connectivity index is 0. The summed E-state index contributed by atoms with van der Waals surface area (Å²) in [5, 5.41) is 5.54. The summed E-state index contributed by atoms with van der Waals surface area (Å²) in [6, 6.07) is -0.628.